The van der Waals surface area contributed by atoms with Gasteiger partial charge in [0.25, 0.3) is 0 Å². The Balaban J connectivity index is 2.01. The Labute approximate surface area is 113 Å². The molecular weight excluding hydrogens is 242 g/mol. The number of hydrogen-bond acceptors (Lipinski definition) is 4. The topological polar surface area (TPSA) is 66.3 Å². The van der Waals surface area contributed by atoms with Crippen LogP contribution in [0.5, 0.6) is 0 Å². The molecule has 2 rings (SSSR count). The second-order valence-corrected chi connectivity index (χ2v) is 5.57. The van der Waals surface area contributed by atoms with Gasteiger partial charge in [0, 0.05) is 24.8 Å². The van der Waals surface area contributed by atoms with Crippen LogP contribution in [-0.2, 0) is 11.2 Å². The van der Waals surface area contributed by atoms with E-state index in [0.717, 1.165) is 31.0 Å². The number of carboxylic acid groups (broad SMARTS) is 1. The number of carbonyl (C=O) groups is 1. The summed E-state index contributed by atoms with van der Waals surface area (Å²) < 4.78 is 0. The number of nitrogens with zero attached hydrogens (tertiary/aromatic N) is 3. The summed E-state index contributed by atoms with van der Waals surface area (Å²) in [4.78, 5) is 21.7. The van der Waals surface area contributed by atoms with E-state index < -0.39 is 5.97 Å². The molecule has 1 saturated heterocycles. The highest BCUT2D eigenvalue weighted by Gasteiger charge is 2.25. The Bertz CT molecular complexity index is 440. The van der Waals surface area contributed by atoms with Crippen molar-refractivity contribution in [3.05, 3.63) is 18.1 Å². The van der Waals surface area contributed by atoms with Crippen molar-refractivity contribution < 1.29 is 9.90 Å². The lowest BCUT2D eigenvalue weighted by Gasteiger charge is -2.31. The van der Waals surface area contributed by atoms with E-state index in [0.29, 0.717) is 18.8 Å². The first-order valence-corrected chi connectivity index (χ1v) is 6.85. The van der Waals surface area contributed by atoms with Crippen LogP contribution in [0.15, 0.2) is 12.4 Å². The molecule has 19 heavy (non-hydrogen) atoms. The largest absolute Gasteiger partial charge is 0.481 e. The average Bonchev–Trinajstić information content (AvgIpc) is 2.38. The van der Waals surface area contributed by atoms with E-state index in [1.165, 1.54) is 0 Å². The lowest BCUT2D eigenvalue weighted by Crippen LogP contribution is -2.36. The van der Waals surface area contributed by atoms with Gasteiger partial charge in [-0.25, -0.2) is 9.97 Å². The molecule has 0 spiro atoms. The van der Waals surface area contributed by atoms with E-state index in [1.807, 2.05) is 6.07 Å². The highest BCUT2D eigenvalue weighted by Crippen LogP contribution is 2.22. The molecule has 1 N–H and O–H groups in total. The summed E-state index contributed by atoms with van der Waals surface area (Å²) in [5, 5.41) is 8.99. The minimum atomic E-state index is -0.678. The molecule has 0 unspecified atom stereocenters. The van der Waals surface area contributed by atoms with Gasteiger partial charge in [0.15, 0.2) is 0 Å². The van der Waals surface area contributed by atoms with Crippen molar-refractivity contribution in [3.8, 4) is 0 Å². The summed E-state index contributed by atoms with van der Waals surface area (Å²) in [7, 11) is 0. The third-order valence-corrected chi connectivity index (χ3v) is 3.49. The van der Waals surface area contributed by atoms with Gasteiger partial charge in [-0.05, 0) is 25.2 Å². The quantitative estimate of drug-likeness (QED) is 0.899. The summed E-state index contributed by atoms with van der Waals surface area (Å²) in [5.41, 5.74) is 1.06. The van der Waals surface area contributed by atoms with Crippen LogP contribution in [0.1, 0.15) is 32.4 Å². The number of hydrogen-bond donors (Lipinski definition) is 1. The van der Waals surface area contributed by atoms with Gasteiger partial charge in [-0.1, -0.05) is 13.8 Å². The van der Waals surface area contributed by atoms with Crippen LogP contribution in [-0.4, -0.2) is 34.1 Å². The van der Waals surface area contributed by atoms with E-state index in [1.54, 1.807) is 6.33 Å². The van der Waals surface area contributed by atoms with E-state index in [9.17, 15) is 4.79 Å². The summed E-state index contributed by atoms with van der Waals surface area (Å²) in [5.74, 6) is 0.617. The average molecular weight is 263 g/mol. The Hall–Kier alpha value is -1.65. The van der Waals surface area contributed by atoms with Crippen LogP contribution in [0, 0.1) is 11.8 Å². The van der Waals surface area contributed by atoms with Crippen molar-refractivity contribution in [2.75, 3.05) is 18.0 Å². The van der Waals surface area contributed by atoms with Gasteiger partial charge in [-0.15, -0.1) is 0 Å². The third kappa shape index (κ3) is 3.66. The third-order valence-electron chi connectivity index (χ3n) is 3.49. The summed E-state index contributed by atoms with van der Waals surface area (Å²) in [6, 6.07) is 2.03. The fraction of sp³-hybridized carbons (Fsp3) is 0.643. The molecule has 104 valence electrons. The van der Waals surface area contributed by atoms with Crippen LogP contribution in [0.4, 0.5) is 5.82 Å². The molecule has 0 aliphatic carbocycles. The zero-order valence-electron chi connectivity index (χ0n) is 11.5. The number of anilines is 1. The van der Waals surface area contributed by atoms with Crippen LogP contribution in [0.25, 0.3) is 0 Å². The van der Waals surface area contributed by atoms with Crippen molar-refractivity contribution in [1.29, 1.82) is 0 Å². The molecule has 1 aromatic rings. The zero-order chi connectivity index (χ0) is 13.8. The first-order chi connectivity index (χ1) is 9.06. The molecule has 1 aliphatic heterocycles. The Morgan fingerprint density at radius 3 is 2.68 bits per heavy atom. The second kappa shape index (κ2) is 5.99. The number of aromatic nitrogens is 2. The maximum atomic E-state index is 10.9. The summed E-state index contributed by atoms with van der Waals surface area (Å²) in [6.45, 7) is 5.85. The van der Waals surface area contributed by atoms with Gasteiger partial charge in [-0.2, -0.15) is 0 Å². The van der Waals surface area contributed by atoms with Crippen molar-refractivity contribution in [2.45, 2.75) is 33.1 Å². The smallest absolute Gasteiger partial charge is 0.306 e. The molecule has 0 atom stereocenters. The van der Waals surface area contributed by atoms with Gasteiger partial charge in [-0.3, -0.25) is 4.79 Å². The molecule has 1 aromatic heterocycles. The monoisotopic (exact) mass is 263 g/mol. The Kier molecular flexibility index (Phi) is 4.35. The fourth-order valence-corrected chi connectivity index (χ4v) is 2.44. The standard InChI is InChI=1S/C14H21N3O2/c1-10(2)7-12-8-13(16-9-15-12)17-5-3-11(4-6-17)14(18)19/h8-11H,3-7H2,1-2H3,(H,18,19). The molecule has 1 aliphatic rings. The van der Waals surface area contributed by atoms with E-state index in [4.69, 9.17) is 5.11 Å². The second-order valence-electron chi connectivity index (χ2n) is 5.57. The van der Waals surface area contributed by atoms with Crippen LogP contribution in [0.3, 0.4) is 0 Å². The van der Waals surface area contributed by atoms with Crippen molar-refractivity contribution in [2.24, 2.45) is 11.8 Å². The Morgan fingerprint density at radius 2 is 2.11 bits per heavy atom. The number of carboxylic acids is 1. The van der Waals surface area contributed by atoms with Crippen LogP contribution >= 0.6 is 0 Å². The van der Waals surface area contributed by atoms with Crippen LogP contribution < -0.4 is 4.90 Å². The molecule has 0 aromatic carbocycles. The van der Waals surface area contributed by atoms with Crippen molar-refractivity contribution >= 4 is 11.8 Å². The molecular formula is C14H21N3O2. The SMILES string of the molecule is CC(C)Cc1cc(N2CCC(C(=O)O)CC2)ncn1. The molecule has 1 fully saturated rings. The van der Waals surface area contributed by atoms with Gasteiger partial charge in [0.1, 0.15) is 12.1 Å². The minimum Gasteiger partial charge on any atom is -0.481 e. The highest BCUT2D eigenvalue weighted by molar-refractivity contribution is 5.70. The summed E-state index contributed by atoms with van der Waals surface area (Å²) >= 11 is 0. The molecule has 5 nitrogen and oxygen atoms in total. The predicted octanol–water partition coefficient (Wildman–Crippen LogP) is 1.98. The fourth-order valence-electron chi connectivity index (χ4n) is 2.44. The van der Waals surface area contributed by atoms with Gasteiger partial charge in [0.05, 0.1) is 5.92 Å². The van der Waals surface area contributed by atoms with Crippen LogP contribution in [0.2, 0.25) is 0 Å². The highest BCUT2D eigenvalue weighted by atomic mass is 16.4. The minimum absolute atomic E-state index is 0.201. The summed E-state index contributed by atoms with van der Waals surface area (Å²) in [6.07, 6.45) is 3.94. The Morgan fingerprint density at radius 1 is 1.42 bits per heavy atom. The first kappa shape index (κ1) is 13.8. The normalized spacial score (nSPS) is 16.9. The van der Waals surface area contributed by atoms with Gasteiger partial charge >= 0.3 is 5.97 Å². The predicted molar refractivity (Wildman–Crippen MR) is 73.1 cm³/mol. The number of piperidine rings is 1. The maximum Gasteiger partial charge on any atom is 0.306 e. The molecule has 0 saturated carbocycles. The number of aliphatic carboxylic acids is 1. The maximum absolute atomic E-state index is 10.9. The molecule has 5 heteroatoms. The first-order valence-electron chi connectivity index (χ1n) is 6.85. The molecule has 0 radical (unpaired) electrons. The van der Waals surface area contributed by atoms with E-state index in [2.05, 4.69) is 28.7 Å². The van der Waals surface area contributed by atoms with Gasteiger partial charge in [0.2, 0.25) is 0 Å². The zero-order valence-corrected chi connectivity index (χ0v) is 11.5. The number of rotatable bonds is 4. The van der Waals surface area contributed by atoms with Crippen molar-refractivity contribution in [3.63, 3.8) is 0 Å². The van der Waals surface area contributed by atoms with Gasteiger partial charge < -0.3 is 10.0 Å². The molecule has 0 amide bonds. The van der Waals surface area contributed by atoms with E-state index in [-0.39, 0.29) is 5.92 Å². The lowest BCUT2D eigenvalue weighted by atomic mass is 9.97. The lowest BCUT2D eigenvalue weighted by molar-refractivity contribution is -0.142. The van der Waals surface area contributed by atoms with Crippen molar-refractivity contribution in [1.82, 2.24) is 9.97 Å². The molecule has 2 heterocycles. The molecule has 0 bridgehead atoms. The van der Waals surface area contributed by atoms with E-state index >= 15 is 0 Å².